The zero-order chi connectivity index (χ0) is 37.6. The van der Waals surface area contributed by atoms with Crippen molar-refractivity contribution in [3.05, 3.63) is 38.4 Å². The minimum atomic E-state index is -0.683. The first-order chi connectivity index (χ1) is 25.6. The van der Waals surface area contributed by atoms with Crippen LogP contribution in [0.1, 0.15) is 0 Å². The topological polar surface area (TPSA) is 209 Å². The molecule has 0 heterocycles. The zero-order valence-corrected chi connectivity index (χ0v) is 29.9. The summed E-state index contributed by atoms with van der Waals surface area (Å²) in [4.78, 5) is 20.6. The number of ether oxygens (including phenoxy) is 12. The summed E-state index contributed by atoms with van der Waals surface area (Å²) in [5.41, 5.74) is -0.532. The fourth-order valence-corrected chi connectivity index (χ4v) is 3.74. The molecule has 0 radical (unpaired) electrons. The predicted molar refractivity (Wildman–Crippen MR) is 187 cm³/mol. The van der Waals surface area contributed by atoms with Gasteiger partial charge >= 0.3 is 0 Å². The summed E-state index contributed by atoms with van der Waals surface area (Å²) in [5.74, 6) is 2.39. The van der Waals surface area contributed by atoms with Crippen molar-refractivity contribution >= 4 is 17.1 Å². The largest absolute Gasteiger partial charge is 0.377 e. The fraction of sp³-hybridized carbons (Fsp3) is 0.758. The number of benzene rings is 1. The van der Waals surface area contributed by atoms with Gasteiger partial charge in [-0.25, -0.2) is 0 Å². The lowest BCUT2D eigenvalue weighted by atomic mass is 10.2. The van der Waals surface area contributed by atoms with Crippen LogP contribution in [0.15, 0.2) is 18.2 Å². The zero-order valence-electron chi connectivity index (χ0n) is 29.9. The number of nitro groups is 2. The normalized spacial score (nSPS) is 11.1. The summed E-state index contributed by atoms with van der Waals surface area (Å²) < 4.78 is 64.8. The highest BCUT2D eigenvalue weighted by Crippen LogP contribution is 2.28. The third kappa shape index (κ3) is 29.5. The molecule has 0 aliphatic heterocycles. The number of hydrogen-bond acceptors (Lipinski definition) is 17. The third-order valence-corrected chi connectivity index (χ3v) is 6.23. The molecule has 0 atom stereocenters. The molecule has 19 nitrogen and oxygen atoms in total. The summed E-state index contributed by atoms with van der Waals surface area (Å²) >= 11 is 0. The number of hydrogen-bond donors (Lipinski definition) is 1. The lowest BCUT2D eigenvalue weighted by Crippen LogP contribution is -2.16. The van der Waals surface area contributed by atoms with Crippen LogP contribution in [0.4, 0.5) is 17.1 Å². The van der Waals surface area contributed by atoms with E-state index in [1.165, 1.54) is 12.1 Å². The molecule has 0 unspecified atom stereocenters. The van der Waals surface area contributed by atoms with Crippen molar-refractivity contribution in [1.29, 1.82) is 0 Å². The van der Waals surface area contributed by atoms with Gasteiger partial charge in [-0.3, -0.25) is 20.2 Å². The van der Waals surface area contributed by atoms with E-state index in [1.807, 2.05) is 0 Å². The molecule has 0 saturated carbocycles. The smallest absolute Gasteiger partial charge is 0.299 e. The molecule has 1 aromatic rings. The molecule has 1 N–H and O–H groups in total. The van der Waals surface area contributed by atoms with E-state index in [1.54, 1.807) is 0 Å². The summed E-state index contributed by atoms with van der Waals surface area (Å²) in [7, 11) is 0. The molecule has 0 bridgehead atoms. The average Bonchev–Trinajstić information content (AvgIpc) is 3.14. The molecule has 0 amide bonds. The van der Waals surface area contributed by atoms with E-state index >= 15 is 0 Å². The highest BCUT2D eigenvalue weighted by atomic mass is 16.6. The van der Waals surface area contributed by atoms with Gasteiger partial charge in [0, 0.05) is 12.6 Å². The van der Waals surface area contributed by atoms with Crippen molar-refractivity contribution in [2.24, 2.45) is 0 Å². The predicted octanol–water partition coefficient (Wildman–Crippen LogP) is 1.75. The van der Waals surface area contributed by atoms with Crippen LogP contribution >= 0.6 is 0 Å². The second kappa shape index (κ2) is 36.3. The molecule has 0 aliphatic rings. The van der Waals surface area contributed by atoms with Gasteiger partial charge in [0.15, 0.2) is 0 Å². The number of rotatable bonds is 40. The van der Waals surface area contributed by atoms with E-state index in [0.717, 1.165) is 6.07 Å². The minimum absolute atomic E-state index is 0.183. The summed E-state index contributed by atoms with van der Waals surface area (Å²) in [6.45, 7) is 10.9. The summed E-state index contributed by atoms with van der Waals surface area (Å²) in [5, 5.41) is 24.8. The molecule has 0 saturated heterocycles. The van der Waals surface area contributed by atoms with Gasteiger partial charge in [0.1, 0.15) is 12.3 Å². The lowest BCUT2D eigenvalue weighted by Gasteiger charge is -2.09. The highest BCUT2D eigenvalue weighted by molar-refractivity contribution is 5.65. The molecule has 298 valence electrons. The Labute approximate surface area is 305 Å². The van der Waals surface area contributed by atoms with Crippen molar-refractivity contribution in [3.8, 4) is 12.3 Å². The Hall–Kier alpha value is -3.10. The molecule has 0 aliphatic carbocycles. The monoisotopic (exact) mass is 749 g/mol. The minimum Gasteiger partial charge on any atom is -0.377 e. The first-order valence-electron chi connectivity index (χ1n) is 17.1. The maximum atomic E-state index is 11.1. The highest BCUT2D eigenvalue weighted by Gasteiger charge is 2.19. The van der Waals surface area contributed by atoms with Crippen LogP contribution in [0.5, 0.6) is 0 Å². The van der Waals surface area contributed by atoms with Gasteiger partial charge in [0.25, 0.3) is 11.4 Å². The first-order valence-corrected chi connectivity index (χ1v) is 17.1. The van der Waals surface area contributed by atoms with Crippen LogP contribution in [0.3, 0.4) is 0 Å². The Morgan fingerprint density at radius 1 is 0.481 bits per heavy atom. The number of nitrogens with one attached hydrogen (secondary N) is 1. The van der Waals surface area contributed by atoms with E-state index in [2.05, 4.69) is 11.2 Å². The Bertz CT molecular complexity index is 1050. The van der Waals surface area contributed by atoms with Crippen LogP contribution in [-0.4, -0.2) is 175 Å². The molecule has 0 aromatic heterocycles. The van der Waals surface area contributed by atoms with Gasteiger partial charge in [-0.15, -0.1) is 6.42 Å². The standard InChI is InChI=1S/C33H55N3O16/c1-2-6-41-8-10-43-12-14-45-16-18-47-20-22-49-24-26-51-28-29-52-27-25-50-23-21-48-19-17-46-15-13-44-11-9-42-7-5-34-32-4-3-31(35(37)38)30-33(32)36(39)40/h1,3-4,30,34H,5-29H2. The first kappa shape index (κ1) is 46.9. The van der Waals surface area contributed by atoms with E-state index in [0.29, 0.717) is 152 Å². The quantitative estimate of drug-likeness (QED) is 0.0439. The molecular weight excluding hydrogens is 694 g/mol. The van der Waals surface area contributed by atoms with Gasteiger partial charge < -0.3 is 62.2 Å². The second-order valence-electron chi connectivity index (χ2n) is 10.1. The van der Waals surface area contributed by atoms with Gasteiger partial charge in [-0.05, 0) is 6.07 Å². The number of anilines is 1. The molecule has 0 fully saturated rings. The van der Waals surface area contributed by atoms with Crippen molar-refractivity contribution < 1.29 is 66.7 Å². The Morgan fingerprint density at radius 3 is 1.08 bits per heavy atom. The molecule has 52 heavy (non-hydrogen) atoms. The molecule has 1 aromatic carbocycles. The Kier molecular flexibility index (Phi) is 32.7. The summed E-state index contributed by atoms with van der Waals surface area (Å²) in [6, 6.07) is 3.42. The number of non-ortho nitro benzene ring substituents is 1. The van der Waals surface area contributed by atoms with Gasteiger partial charge in [-0.1, -0.05) is 5.92 Å². The van der Waals surface area contributed by atoms with E-state index < -0.39 is 9.85 Å². The summed E-state index contributed by atoms with van der Waals surface area (Å²) in [6.07, 6.45) is 5.08. The van der Waals surface area contributed by atoms with Crippen molar-refractivity contribution in [2.45, 2.75) is 0 Å². The fourth-order valence-electron chi connectivity index (χ4n) is 3.74. The van der Waals surface area contributed by atoms with Crippen LogP contribution in [0.25, 0.3) is 0 Å². The lowest BCUT2D eigenvalue weighted by molar-refractivity contribution is -0.393. The maximum absolute atomic E-state index is 11.1. The molecule has 19 heteroatoms. The molecular formula is C33H55N3O16. The average molecular weight is 750 g/mol. The van der Waals surface area contributed by atoms with Gasteiger partial charge in [0.2, 0.25) is 0 Å². The van der Waals surface area contributed by atoms with E-state index in [9.17, 15) is 20.2 Å². The molecule has 0 spiro atoms. The van der Waals surface area contributed by atoms with Crippen LogP contribution in [0.2, 0.25) is 0 Å². The third-order valence-electron chi connectivity index (χ3n) is 6.23. The number of nitrogens with zero attached hydrogens (tertiary/aromatic N) is 2. The van der Waals surface area contributed by atoms with Crippen molar-refractivity contribution in [1.82, 2.24) is 0 Å². The van der Waals surface area contributed by atoms with Crippen molar-refractivity contribution in [3.63, 3.8) is 0 Å². The second-order valence-corrected chi connectivity index (χ2v) is 10.1. The Morgan fingerprint density at radius 2 is 0.788 bits per heavy atom. The van der Waals surface area contributed by atoms with Gasteiger partial charge in [0.05, 0.1) is 168 Å². The maximum Gasteiger partial charge on any atom is 0.299 e. The number of nitro benzene ring substituents is 2. The number of terminal acetylenes is 1. The Balaban J connectivity index is 1.70. The van der Waals surface area contributed by atoms with Crippen molar-refractivity contribution in [2.75, 3.05) is 170 Å². The molecule has 1 rings (SSSR count). The SMILES string of the molecule is C#CCOCCOCCOCCOCCOCCOCCOCCOCCOCCOCCOCCOCCNc1ccc([N+](=O)[O-])cc1[N+](=O)[O-]. The van der Waals surface area contributed by atoms with Crippen LogP contribution in [-0.2, 0) is 56.8 Å². The van der Waals surface area contributed by atoms with Crippen LogP contribution in [0, 0.1) is 32.6 Å². The van der Waals surface area contributed by atoms with Gasteiger partial charge in [-0.2, -0.15) is 0 Å². The van der Waals surface area contributed by atoms with Crippen LogP contribution < -0.4 is 5.32 Å². The van der Waals surface area contributed by atoms with E-state index in [4.69, 9.17) is 63.3 Å². The van der Waals surface area contributed by atoms with E-state index in [-0.39, 0.29) is 30.2 Å².